The van der Waals surface area contributed by atoms with Gasteiger partial charge in [0.05, 0.1) is 0 Å². The summed E-state index contributed by atoms with van der Waals surface area (Å²) in [6.45, 7) is 1.18. The van der Waals surface area contributed by atoms with Gasteiger partial charge in [-0.25, -0.2) is 0 Å². The van der Waals surface area contributed by atoms with Crippen molar-refractivity contribution in [3.8, 4) is 5.75 Å². The van der Waals surface area contributed by atoms with E-state index in [1.165, 1.54) is 0 Å². The first kappa shape index (κ1) is 6.95. The van der Waals surface area contributed by atoms with Crippen molar-refractivity contribution in [1.29, 1.82) is 0 Å². The molecular formula is C10H8NO2. The molecular weight excluding hydrogens is 166 g/mol. The molecule has 1 aromatic carbocycles. The molecule has 1 radical (unpaired) electrons. The standard InChI is InChI=1S/C10H8NO2/c1-2-4-9-8(3-1)10-7(5-12-9)6-13-11-10/h1-4H,5-6H2. The fraction of sp³-hybridized carbons (Fsp3) is 0.200. The molecule has 2 aliphatic heterocycles. The van der Waals surface area contributed by atoms with E-state index < -0.39 is 0 Å². The third-order valence-electron chi connectivity index (χ3n) is 2.27. The van der Waals surface area contributed by atoms with Crippen LogP contribution in [-0.4, -0.2) is 18.9 Å². The monoisotopic (exact) mass is 174 g/mol. The van der Waals surface area contributed by atoms with Crippen LogP contribution in [-0.2, 0) is 4.84 Å². The molecule has 0 spiro atoms. The van der Waals surface area contributed by atoms with Gasteiger partial charge in [0.1, 0.15) is 30.6 Å². The number of oxime groups is 1. The molecule has 13 heavy (non-hydrogen) atoms. The van der Waals surface area contributed by atoms with Crippen LogP contribution in [0.25, 0.3) is 0 Å². The summed E-state index contributed by atoms with van der Waals surface area (Å²) in [4.78, 5) is 5.02. The smallest absolute Gasteiger partial charge is 0.133 e. The fourth-order valence-electron chi connectivity index (χ4n) is 1.61. The number of hydrogen-bond donors (Lipinski definition) is 0. The summed E-state index contributed by atoms with van der Waals surface area (Å²) < 4.78 is 5.54. The van der Waals surface area contributed by atoms with Gasteiger partial charge in [0.15, 0.2) is 0 Å². The van der Waals surface area contributed by atoms with E-state index in [0.29, 0.717) is 13.2 Å². The van der Waals surface area contributed by atoms with Gasteiger partial charge >= 0.3 is 0 Å². The van der Waals surface area contributed by atoms with Gasteiger partial charge in [-0.15, -0.1) is 0 Å². The molecule has 0 fully saturated rings. The van der Waals surface area contributed by atoms with Gasteiger partial charge in [-0.1, -0.05) is 17.3 Å². The van der Waals surface area contributed by atoms with Crippen molar-refractivity contribution >= 4 is 5.71 Å². The average Bonchev–Trinajstić information content (AvgIpc) is 2.65. The highest BCUT2D eigenvalue weighted by Gasteiger charge is 2.32. The van der Waals surface area contributed by atoms with Gasteiger partial charge in [0, 0.05) is 5.56 Å². The summed E-state index contributed by atoms with van der Waals surface area (Å²) >= 11 is 0. The lowest BCUT2D eigenvalue weighted by atomic mass is 9.96. The Labute approximate surface area is 76.0 Å². The molecule has 2 heterocycles. The molecule has 2 aliphatic rings. The van der Waals surface area contributed by atoms with Crippen molar-refractivity contribution < 1.29 is 9.57 Å². The van der Waals surface area contributed by atoms with Gasteiger partial charge in [-0.2, -0.15) is 0 Å². The second kappa shape index (κ2) is 2.49. The SMILES string of the molecule is c1ccc2c(c1)OC[C]1CON=C12. The Balaban J connectivity index is 2.15. The summed E-state index contributed by atoms with van der Waals surface area (Å²) in [5.41, 5.74) is 2.00. The molecule has 0 saturated heterocycles. The third kappa shape index (κ3) is 0.932. The predicted octanol–water partition coefficient (Wildman–Crippen LogP) is 1.39. The Bertz CT molecular complexity index is 373. The Hall–Kier alpha value is -1.51. The number of rotatable bonds is 0. The van der Waals surface area contributed by atoms with Crippen LogP contribution >= 0.6 is 0 Å². The van der Waals surface area contributed by atoms with Crippen LogP contribution in [0.15, 0.2) is 29.4 Å². The number of fused-ring (bicyclic) bond motifs is 3. The lowest BCUT2D eigenvalue weighted by Crippen LogP contribution is -2.25. The Morgan fingerprint density at radius 2 is 2.08 bits per heavy atom. The summed E-state index contributed by atoms with van der Waals surface area (Å²) in [6.07, 6.45) is 0. The van der Waals surface area contributed by atoms with Crippen LogP contribution < -0.4 is 4.74 Å². The largest absolute Gasteiger partial charge is 0.492 e. The van der Waals surface area contributed by atoms with E-state index >= 15 is 0 Å². The second-order valence-corrected chi connectivity index (χ2v) is 3.10. The van der Waals surface area contributed by atoms with Crippen LogP contribution in [0.2, 0.25) is 0 Å². The molecule has 0 aliphatic carbocycles. The van der Waals surface area contributed by atoms with Gasteiger partial charge in [-0.3, -0.25) is 0 Å². The number of nitrogens with zero attached hydrogens (tertiary/aromatic N) is 1. The lowest BCUT2D eigenvalue weighted by molar-refractivity contribution is 0.171. The maximum atomic E-state index is 5.54. The molecule has 3 nitrogen and oxygen atoms in total. The number of ether oxygens (including phenoxy) is 1. The lowest BCUT2D eigenvalue weighted by Gasteiger charge is -2.20. The maximum Gasteiger partial charge on any atom is 0.133 e. The molecule has 0 N–H and O–H groups in total. The van der Waals surface area contributed by atoms with Crippen molar-refractivity contribution in [2.24, 2.45) is 5.16 Å². The first-order valence-electron chi connectivity index (χ1n) is 4.22. The third-order valence-corrected chi connectivity index (χ3v) is 2.27. The summed E-state index contributed by atoms with van der Waals surface area (Å²) in [5.74, 6) is 2.04. The number of benzene rings is 1. The van der Waals surface area contributed by atoms with Crippen molar-refractivity contribution in [3.05, 3.63) is 35.7 Å². The van der Waals surface area contributed by atoms with Gasteiger partial charge < -0.3 is 9.57 Å². The van der Waals surface area contributed by atoms with E-state index in [9.17, 15) is 0 Å². The molecule has 0 bridgehead atoms. The minimum atomic E-state index is 0.573. The Kier molecular flexibility index (Phi) is 1.33. The first-order valence-corrected chi connectivity index (χ1v) is 4.22. The summed E-state index contributed by atoms with van der Waals surface area (Å²) in [6, 6.07) is 7.89. The predicted molar refractivity (Wildman–Crippen MR) is 47.7 cm³/mol. The summed E-state index contributed by atoms with van der Waals surface area (Å²) in [7, 11) is 0. The van der Waals surface area contributed by atoms with Crippen LogP contribution in [0.1, 0.15) is 5.56 Å². The molecule has 0 saturated carbocycles. The van der Waals surface area contributed by atoms with Gasteiger partial charge in [0.2, 0.25) is 0 Å². The minimum Gasteiger partial charge on any atom is -0.492 e. The van der Waals surface area contributed by atoms with Crippen molar-refractivity contribution in [3.63, 3.8) is 0 Å². The normalized spacial score (nSPS) is 19.5. The molecule has 65 valence electrons. The molecule has 0 atom stereocenters. The quantitative estimate of drug-likeness (QED) is 0.595. The van der Waals surface area contributed by atoms with Crippen LogP contribution in [0.4, 0.5) is 0 Å². The minimum absolute atomic E-state index is 0.573. The average molecular weight is 174 g/mol. The van der Waals surface area contributed by atoms with Crippen molar-refractivity contribution in [2.45, 2.75) is 0 Å². The molecule has 3 rings (SSSR count). The number of hydrogen-bond acceptors (Lipinski definition) is 3. The highest BCUT2D eigenvalue weighted by Crippen LogP contribution is 2.31. The Morgan fingerprint density at radius 3 is 3.08 bits per heavy atom. The van der Waals surface area contributed by atoms with E-state index in [0.717, 1.165) is 22.9 Å². The summed E-state index contributed by atoms with van der Waals surface area (Å²) in [5, 5.41) is 4.00. The maximum absolute atomic E-state index is 5.54. The van der Waals surface area contributed by atoms with E-state index in [1.807, 2.05) is 24.3 Å². The highest BCUT2D eigenvalue weighted by atomic mass is 16.6. The van der Waals surface area contributed by atoms with Crippen LogP contribution in [0.5, 0.6) is 5.75 Å². The van der Waals surface area contributed by atoms with Crippen molar-refractivity contribution in [2.75, 3.05) is 13.2 Å². The topological polar surface area (TPSA) is 30.8 Å². The number of para-hydroxylation sites is 1. The first-order chi connectivity index (χ1) is 6.45. The molecule has 0 amide bonds. The Morgan fingerprint density at radius 1 is 1.15 bits per heavy atom. The molecule has 0 aromatic heterocycles. The molecule has 1 aromatic rings. The van der Waals surface area contributed by atoms with Crippen molar-refractivity contribution in [1.82, 2.24) is 0 Å². The van der Waals surface area contributed by atoms with Gasteiger partial charge in [0.25, 0.3) is 0 Å². The second-order valence-electron chi connectivity index (χ2n) is 3.10. The van der Waals surface area contributed by atoms with E-state index in [2.05, 4.69) is 5.16 Å². The van der Waals surface area contributed by atoms with Crippen LogP contribution in [0.3, 0.4) is 0 Å². The highest BCUT2D eigenvalue weighted by molar-refractivity contribution is 6.13. The van der Waals surface area contributed by atoms with Crippen LogP contribution in [0, 0.1) is 5.92 Å². The van der Waals surface area contributed by atoms with E-state index in [-0.39, 0.29) is 0 Å². The fourth-order valence-corrected chi connectivity index (χ4v) is 1.61. The zero-order valence-corrected chi connectivity index (χ0v) is 6.99. The zero-order chi connectivity index (χ0) is 8.67. The molecule has 3 heteroatoms. The zero-order valence-electron chi connectivity index (χ0n) is 6.99. The molecule has 0 unspecified atom stereocenters. The van der Waals surface area contributed by atoms with E-state index in [1.54, 1.807) is 0 Å². The van der Waals surface area contributed by atoms with E-state index in [4.69, 9.17) is 9.57 Å². The van der Waals surface area contributed by atoms with Gasteiger partial charge in [-0.05, 0) is 12.1 Å².